The summed E-state index contributed by atoms with van der Waals surface area (Å²) in [7, 11) is -3.79. The molecule has 3 N–H and O–H groups in total. The molecule has 0 aliphatic rings. The largest absolute Gasteiger partial charge is 0.322 e. The highest BCUT2D eigenvalue weighted by Crippen LogP contribution is 2.22. The molecule has 8 heteroatoms. The summed E-state index contributed by atoms with van der Waals surface area (Å²) in [5.74, 6) is -0.279. The van der Waals surface area contributed by atoms with Gasteiger partial charge in [0.1, 0.15) is 0 Å². The lowest BCUT2D eigenvalue weighted by Crippen LogP contribution is -2.15. The molecule has 0 atom stereocenters. The quantitative estimate of drug-likeness (QED) is 0.746. The van der Waals surface area contributed by atoms with Crippen LogP contribution in [0.4, 0.5) is 5.69 Å². The average Bonchev–Trinajstić information content (AvgIpc) is 2.77. The minimum atomic E-state index is -3.79. The van der Waals surface area contributed by atoms with Gasteiger partial charge < -0.3 is 5.32 Å². The number of carbonyl (C=O) groups is 1. The summed E-state index contributed by atoms with van der Waals surface area (Å²) >= 11 is 3.60. The first kappa shape index (κ1) is 15.4. The Hall–Kier alpha value is -0.970. The van der Waals surface area contributed by atoms with E-state index in [1.54, 1.807) is 24.4 Å². The van der Waals surface area contributed by atoms with Crippen molar-refractivity contribution >= 4 is 55.5 Å². The van der Waals surface area contributed by atoms with Gasteiger partial charge in [0, 0.05) is 11.1 Å². The molecule has 1 amide bonds. The smallest absolute Gasteiger partial charge is 0.256 e. The Morgan fingerprint density at radius 1 is 1.35 bits per heavy atom. The maximum absolute atomic E-state index is 12.1. The first-order valence-electron chi connectivity index (χ1n) is 5.46. The summed E-state index contributed by atoms with van der Waals surface area (Å²) in [5, 5.41) is 9.52. The molecule has 1 aromatic carbocycles. The minimum Gasteiger partial charge on any atom is -0.322 e. The van der Waals surface area contributed by atoms with Gasteiger partial charge in [0.25, 0.3) is 5.91 Å². The van der Waals surface area contributed by atoms with Crippen LogP contribution in [-0.2, 0) is 10.0 Å². The molecule has 0 aliphatic carbocycles. The molecule has 0 spiro atoms. The Balaban J connectivity index is 2.31. The molecule has 1 aromatic heterocycles. The number of primary sulfonamides is 1. The summed E-state index contributed by atoms with van der Waals surface area (Å²) in [6.07, 6.45) is 0. The van der Waals surface area contributed by atoms with Crippen molar-refractivity contribution < 1.29 is 13.2 Å². The fraction of sp³-hybridized carbons (Fsp3) is 0.0833. The first-order chi connectivity index (χ1) is 9.27. The van der Waals surface area contributed by atoms with Crippen LogP contribution in [0.2, 0.25) is 0 Å². The highest BCUT2D eigenvalue weighted by Gasteiger charge is 2.13. The number of hydrogen-bond donors (Lipinski definition) is 2. The Morgan fingerprint density at radius 2 is 2.05 bits per heavy atom. The Labute approximate surface area is 134 Å². The molecule has 5 nitrogen and oxygen atoms in total. The molecule has 0 saturated carbocycles. The van der Waals surface area contributed by atoms with Crippen LogP contribution in [0.25, 0.3) is 0 Å². The second kappa shape index (κ2) is 5.80. The zero-order valence-electron chi connectivity index (χ0n) is 10.4. The van der Waals surface area contributed by atoms with Crippen molar-refractivity contribution in [1.29, 1.82) is 0 Å². The number of benzene rings is 1. The first-order valence-corrected chi connectivity index (χ1v) is 8.96. The van der Waals surface area contributed by atoms with E-state index in [0.717, 1.165) is 8.45 Å². The number of nitrogens with two attached hydrogens (primary N) is 1. The van der Waals surface area contributed by atoms with E-state index in [2.05, 4.69) is 27.9 Å². The number of aryl methyl sites for hydroxylation is 1. The summed E-state index contributed by atoms with van der Waals surface area (Å²) in [5.41, 5.74) is 1.73. The molecular weight excluding hydrogens is 411 g/mol. The zero-order chi connectivity index (χ0) is 14.9. The molecule has 0 saturated heterocycles. The Morgan fingerprint density at radius 3 is 2.60 bits per heavy atom. The number of thiophene rings is 1. The number of anilines is 1. The molecule has 0 bridgehead atoms. The van der Waals surface area contributed by atoms with Gasteiger partial charge in [-0.2, -0.15) is 0 Å². The van der Waals surface area contributed by atoms with Crippen LogP contribution in [0.3, 0.4) is 0 Å². The Bertz CT molecular complexity index is 769. The van der Waals surface area contributed by atoms with Crippen molar-refractivity contribution in [3.05, 3.63) is 43.7 Å². The second-order valence-corrected chi connectivity index (χ2v) is 8.48. The third-order valence-electron chi connectivity index (χ3n) is 2.62. The van der Waals surface area contributed by atoms with Gasteiger partial charge >= 0.3 is 0 Å². The second-order valence-electron chi connectivity index (χ2n) is 4.12. The number of nitrogens with one attached hydrogen (secondary N) is 1. The van der Waals surface area contributed by atoms with Crippen molar-refractivity contribution in [1.82, 2.24) is 0 Å². The van der Waals surface area contributed by atoms with Crippen LogP contribution in [0.15, 0.2) is 34.5 Å². The van der Waals surface area contributed by atoms with Crippen LogP contribution < -0.4 is 10.5 Å². The van der Waals surface area contributed by atoms with Crippen molar-refractivity contribution in [3.63, 3.8) is 0 Å². The van der Waals surface area contributed by atoms with E-state index in [-0.39, 0.29) is 10.8 Å². The maximum atomic E-state index is 12.1. The van der Waals surface area contributed by atoms with Gasteiger partial charge in [-0.05, 0) is 53.3 Å². The molecule has 0 unspecified atom stereocenters. The predicted molar refractivity (Wildman–Crippen MR) is 87.5 cm³/mol. The monoisotopic (exact) mass is 422 g/mol. The van der Waals surface area contributed by atoms with Crippen LogP contribution in [0.1, 0.15) is 15.9 Å². The number of rotatable bonds is 3. The van der Waals surface area contributed by atoms with Gasteiger partial charge in [0.15, 0.2) is 0 Å². The van der Waals surface area contributed by atoms with Gasteiger partial charge in [-0.3, -0.25) is 4.79 Å². The molecule has 0 aliphatic heterocycles. The van der Waals surface area contributed by atoms with Crippen molar-refractivity contribution in [2.24, 2.45) is 5.14 Å². The fourth-order valence-electron chi connectivity index (χ4n) is 1.54. The SMILES string of the molecule is Cc1ccc(S(N)(=O)=O)cc1NC(=O)c1csc(I)c1. The van der Waals surface area contributed by atoms with E-state index in [1.807, 2.05) is 0 Å². The molecule has 2 aromatic rings. The standard InChI is InChI=1S/C12H11IN2O3S2/c1-7-2-3-9(20(14,17)18)5-10(7)15-12(16)8-4-11(13)19-6-8/h2-6H,1H3,(H,15,16)(H2,14,17,18). The number of carbonyl (C=O) groups excluding carboxylic acids is 1. The summed E-state index contributed by atoms with van der Waals surface area (Å²) in [6, 6.07) is 6.14. The molecule has 1 heterocycles. The lowest BCUT2D eigenvalue weighted by molar-refractivity contribution is 0.102. The normalized spacial score (nSPS) is 11.3. The third kappa shape index (κ3) is 3.57. The number of halogens is 1. The predicted octanol–water partition coefficient (Wildman–Crippen LogP) is 2.56. The zero-order valence-corrected chi connectivity index (χ0v) is 14.2. The summed E-state index contributed by atoms with van der Waals surface area (Å²) < 4.78 is 23.6. The topological polar surface area (TPSA) is 89.3 Å². The van der Waals surface area contributed by atoms with Crippen LogP contribution in [-0.4, -0.2) is 14.3 Å². The number of sulfonamides is 1. The third-order valence-corrected chi connectivity index (χ3v) is 5.32. The van der Waals surface area contributed by atoms with Crippen molar-refractivity contribution in [3.8, 4) is 0 Å². The average molecular weight is 422 g/mol. The van der Waals surface area contributed by atoms with E-state index >= 15 is 0 Å². The van der Waals surface area contributed by atoms with Gasteiger partial charge in [-0.1, -0.05) is 6.07 Å². The molecule has 106 valence electrons. The number of hydrogen-bond acceptors (Lipinski definition) is 4. The maximum Gasteiger partial charge on any atom is 0.256 e. The van der Waals surface area contributed by atoms with E-state index in [0.29, 0.717) is 11.3 Å². The molecule has 0 fully saturated rings. The van der Waals surface area contributed by atoms with Gasteiger partial charge in [-0.15, -0.1) is 11.3 Å². The minimum absolute atomic E-state index is 0.0294. The molecule has 0 radical (unpaired) electrons. The van der Waals surface area contributed by atoms with Crippen LogP contribution in [0.5, 0.6) is 0 Å². The Kier molecular flexibility index (Phi) is 4.47. The van der Waals surface area contributed by atoms with Crippen molar-refractivity contribution in [2.75, 3.05) is 5.32 Å². The van der Waals surface area contributed by atoms with Crippen LogP contribution in [0, 0.1) is 9.81 Å². The lowest BCUT2D eigenvalue weighted by atomic mass is 10.2. The van der Waals surface area contributed by atoms with Crippen molar-refractivity contribution in [2.45, 2.75) is 11.8 Å². The van der Waals surface area contributed by atoms with E-state index in [1.165, 1.54) is 23.5 Å². The van der Waals surface area contributed by atoms with Gasteiger partial charge in [-0.25, -0.2) is 13.6 Å². The van der Waals surface area contributed by atoms with Gasteiger partial charge in [0.05, 0.1) is 13.3 Å². The van der Waals surface area contributed by atoms with E-state index in [4.69, 9.17) is 5.14 Å². The fourth-order valence-corrected chi connectivity index (χ4v) is 3.40. The lowest BCUT2D eigenvalue weighted by Gasteiger charge is -2.09. The number of amides is 1. The van der Waals surface area contributed by atoms with E-state index < -0.39 is 10.0 Å². The van der Waals surface area contributed by atoms with Crippen LogP contribution >= 0.6 is 33.9 Å². The summed E-state index contributed by atoms with van der Waals surface area (Å²) in [6.45, 7) is 1.78. The highest BCUT2D eigenvalue weighted by molar-refractivity contribution is 14.1. The van der Waals surface area contributed by atoms with Gasteiger partial charge in [0.2, 0.25) is 10.0 Å². The van der Waals surface area contributed by atoms with E-state index in [9.17, 15) is 13.2 Å². The molecule has 2 rings (SSSR count). The highest BCUT2D eigenvalue weighted by atomic mass is 127. The molecular formula is C12H11IN2O3S2. The molecule has 20 heavy (non-hydrogen) atoms. The summed E-state index contributed by atoms with van der Waals surface area (Å²) in [4.78, 5) is 12.0.